The van der Waals surface area contributed by atoms with E-state index in [4.69, 9.17) is 9.47 Å². The van der Waals surface area contributed by atoms with Crippen molar-refractivity contribution in [2.24, 2.45) is 7.05 Å². The normalized spacial score (nSPS) is 10.1. The summed E-state index contributed by atoms with van der Waals surface area (Å²) in [5.74, 6) is 0.399. The molecule has 1 aromatic carbocycles. The van der Waals surface area contributed by atoms with Crippen molar-refractivity contribution in [3.63, 3.8) is 0 Å². The third-order valence-corrected chi connectivity index (χ3v) is 2.47. The number of methoxy groups -OCH3 is 1. The van der Waals surface area contributed by atoms with Crippen LogP contribution in [-0.4, -0.2) is 22.9 Å². The fraction of sp³-hybridized carbons (Fsp3) is 0.231. The molecule has 1 heterocycles. The Labute approximate surface area is 105 Å². The zero-order chi connectivity index (χ0) is 13.0. The zero-order valence-corrected chi connectivity index (χ0v) is 10.3. The molecule has 0 fully saturated rings. The highest BCUT2D eigenvalue weighted by Crippen LogP contribution is 2.12. The number of ether oxygens (including phenoxy) is 2. The lowest BCUT2D eigenvalue weighted by molar-refractivity contribution is 0.0472. The van der Waals surface area contributed by atoms with Crippen LogP contribution < -0.4 is 4.74 Å². The Morgan fingerprint density at radius 3 is 2.61 bits per heavy atom. The molecule has 94 valence electrons. The van der Waals surface area contributed by atoms with Gasteiger partial charge in [0.05, 0.1) is 18.9 Å². The van der Waals surface area contributed by atoms with Crippen LogP contribution in [-0.2, 0) is 18.4 Å². The third kappa shape index (κ3) is 2.88. The molecule has 0 aliphatic heterocycles. The first-order valence-electron chi connectivity index (χ1n) is 5.48. The lowest BCUT2D eigenvalue weighted by atomic mass is 10.2. The van der Waals surface area contributed by atoms with Crippen LogP contribution in [0.25, 0.3) is 0 Å². The lowest BCUT2D eigenvalue weighted by Crippen LogP contribution is -2.04. The molecular formula is C13H14N2O3. The van der Waals surface area contributed by atoms with Crippen LogP contribution in [0.15, 0.2) is 36.7 Å². The Morgan fingerprint density at radius 1 is 1.33 bits per heavy atom. The van der Waals surface area contributed by atoms with E-state index < -0.39 is 0 Å². The monoisotopic (exact) mass is 246 g/mol. The second kappa shape index (κ2) is 5.35. The molecule has 1 aromatic heterocycles. The minimum absolute atomic E-state index is 0.234. The minimum Gasteiger partial charge on any atom is -0.497 e. The number of aromatic nitrogens is 2. The lowest BCUT2D eigenvalue weighted by Gasteiger charge is -2.04. The van der Waals surface area contributed by atoms with Gasteiger partial charge in [-0.05, 0) is 17.7 Å². The van der Waals surface area contributed by atoms with Crippen LogP contribution in [0.1, 0.15) is 15.9 Å². The molecule has 5 heteroatoms. The quantitative estimate of drug-likeness (QED) is 0.772. The Morgan fingerprint density at radius 2 is 2.06 bits per heavy atom. The fourth-order valence-corrected chi connectivity index (χ4v) is 1.48. The molecule has 0 spiro atoms. The van der Waals surface area contributed by atoms with Crippen LogP contribution in [0, 0.1) is 0 Å². The van der Waals surface area contributed by atoms with E-state index in [0.29, 0.717) is 5.56 Å². The SMILES string of the molecule is COc1ccc(COC(=O)c2cnn(C)c2)cc1. The van der Waals surface area contributed by atoms with E-state index in [1.807, 2.05) is 24.3 Å². The van der Waals surface area contributed by atoms with Gasteiger partial charge in [-0.2, -0.15) is 5.10 Å². The highest BCUT2D eigenvalue weighted by Gasteiger charge is 2.09. The maximum absolute atomic E-state index is 11.7. The Kier molecular flexibility index (Phi) is 3.62. The second-order valence-corrected chi connectivity index (χ2v) is 3.83. The van der Waals surface area contributed by atoms with Crippen LogP contribution >= 0.6 is 0 Å². The zero-order valence-electron chi connectivity index (χ0n) is 10.3. The maximum atomic E-state index is 11.7. The van der Waals surface area contributed by atoms with Gasteiger partial charge >= 0.3 is 5.97 Å². The van der Waals surface area contributed by atoms with Crippen LogP contribution in [0.2, 0.25) is 0 Å². The number of benzene rings is 1. The third-order valence-electron chi connectivity index (χ3n) is 2.47. The fourth-order valence-electron chi connectivity index (χ4n) is 1.48. The first-order chi connectivity index (χ1) is 8.69. The van der Waals surface area contributed by atoms with Gasteiger partial charge < -0.3 is 9.47 Å². The summed E-state index contributed by atoms with van der Waals surface area (Å²) < 4.78 is 11.8. The summed E-state index contributed by atoms with van der Waals surface area (Å²) in [6.07, 6.45) is 3.10. The van der Waals surface area contributed by atoms with Crippen LogP contribution in [0.4, 0.5) is 0 Å². The van der Waals surface area contributed by atoms with Gasteiger partial charge in [0.1, 0.15) is 12.4 Å². The highest BCUT2D eigenvalue weighted by molar-refractivity contribution is 5.88. The van der Waals surface area contributed by atoms with E-state index in [1.54, 1.807) is 25.0 Å². The van der Waals surface area contributed by atoms with Gasteiger partial charge in [0.2, 0.25) is 0 Å². The Bertz CT molecular complexity index is 531. The number of carbonyl (C=O) groups excluding carboxylic acids is 1. The number of carbonyl (C=O) groups is 1. The summed E-state index contributed by atoms with van der Waals surface area (Å²) in [5, 5.41) is 3.91. The summed E-state index contributed by atoms with van der Waals surface area (Å²) in [5.41, 5.74) is 1.36. The molecule has 0 saturated heterocycles. The second-order valence-electron chi connectivity index (χ2n) is 3.83. The van der Waals surface area contributed by atoms with E-state index in [2.05, 4.69) is 5.10 Å². The van der Waals surface area contributed by atoms with Gasteiger partial charge in [-0.25, -0.2) is 4.79 Å². The summed E-state index contributed by atoms with van der Waals surface area (Å²) in [7, 11) is 3.36. The van der Waals surface area contributed by atoms with Crippen molar-refractivity contribution in [2.45, 2.75) is 6.61 Å². The average molecular weight is 246 g/mol. The van der Waals surface area contributed by atoms with Crippen LogP contribution in [0.3, 0.4) is 0 Å². The van der Waals surface area contributed by atoms with Crippen molar-refractivity contribution in [1.82, 2.24) is 9.78 Å². The summed E-state index contributed by atoms with van der Waals surface area (Å²) >= 11 is 0. The summed E-state index contributed by atoms with van der Waals surface area (Å²) in [6.45, 7) is 0.234. The molecule has 5 nitrogen and oxygen atoms in total. The predicted molar refractivity (Wildman–Crippen MR) is 65.3 cm³/mol. The summed E-state index contributed by atoms with van der Waals surface area (Å²) in [6, 6.07) is 7.37. The molecule has 0 radical (unpaired) electrons. The number of hydrogen-bond acceptors (Lipinski definition) is 4. The van der Waals surface area contributed by atoms with Crippen molar-refractivity contribution in [1.29, 1.82) is 0 Å². The van der Waals surface area contributed by atoms with Gasteiger partial charge in [0.25, 0.3) is 0 Å². The number of rotatable bonds is 4. The van der Waals surface area contributed by atoms with Crippen molar-refractivity contribution in [2.75, 3.05) is 7.11 Å². The van der Waals surface area contributed by atoms with Crippen molar-refractivity contribution >= 4 is 5.97 Å². The Hall–Kier alpha value is -2.30. The Balaban J connectivity index is 1.92. The van der Waals surface area contributed by atoms with E-state index in [0.717, 1.165) is 11.3 Å². The molecule has 2 rings (SSSR count). The first kappa shape index (κ1) is 12.2. The van der Waals surface area contributed by atoms with Gasteiger partial charge in [0.15, 0.2) is 0 Å². The average Bonchev–Trinajstić information content (AvgIpc) is 2.83. The van der Waals surface area contributed by atoms with Gasteiger partial charge in [-0.3, -0.25) is 4.68 Å². The van der Waals surface area contributed by atoms with E-state index >= 15 is 0 Å². The smallest absolute Gasteiger partial charge is 0.341 e. The molecule has 0 bridgehead atoms. The van der Waals surface area contributed by atoms with E-state index in [9.17, 15) is 4.79 Å². The molecule has 0 unspecified atom stereocenters. The van der Waals surface area contributed by atoms with Gasteiger partial charge in [-0.15, -0.1) is 0 Å². The topological polar surface area (TPSA) is 53.4 Å². The molecule has 0 aliphatic rings. The number of esters is 1. The molecule has 18 heavy (non-hydrogen) atoms. The largest absolute Gasteiger partial charge is 0.497 e. The van der Waals surface area contributed by atoms with Gasteiger partial charge in [-0.1, -0.05) is 12.1 Å². The molecule has 2 aromatic rings. The molecule has 0 aliphatic carbocycles. The summed E-state index contributed by atoms with van der Waals surface area (Å²) in [4.78, 5) is 11.7. The van der Waals surface area contributed by atoms with Crippen molar-refractivity contribution < 1.29 is 14.3 Å². The molecule has 0 N–H and O–H groups in total. The number of hydrogen-bond donors (Lipinski definition) is 0. The standard InChI is InChI=1S/C13H14N2O3/c1-15-8-11(7-14-15)13(16)18-9-10-3-5-12(17-2)6-4-10/h3-8H,9H2,1-2H3. The van der Waals surface area contributed by atoms with E-state index in [-0.39, 0.29) is 12.6 Å². The van der Waals surface area contributed by atoms with Crippen molar-refractivity contribution in [3.05, 3.63) is 47.8 Å². The first-order valence-corrected chi connectivity index (χ1v) is 5.48. The minimum atomic E-state index is -0.376. The number of aryl methyl sites for hydroxylation is 1. The van der Waals surface area contributed by atoms with Crippen LogP contribution in [0.5, 0.6) is 5.75 Å². The van der Waals surface area contributed by atoms with E-state index in [1.165, 1.54) is 6.20 Å². The predicted octanol–water partition coefficient (Wildman–Crippen LogP) is 1.79. The molecule has 0 saturated carbocycles. The van der Waals surface area contributed by atoms with Crippen molar-refractivity contribution in [3.8, 4) is 5.75 Å². The highest BCUT2D eigenvalue weighted by atomic mass is 16.5. The van der Waals surface area contributed by atoms with Gasteiger partial charge in [0, 0.05) is 13.2 Å². The molecular weight excluding hydrogens is 232 g/mol. The number of nitrogens with zero attached hydrogens (tertiary/aromatic N) is 2. The molecule has 0 amide bonds. The maximum Gasteiger partial charge on any atom is 0.341 e. The molecule has 0 atom stereocenters.